The molecule has 4 heteroatoms. The van der Waals surface area contributed by atoms with Crippen LogP contribution in [0, 0.1) is 0 Å². The third kappa shape index (κ3) is 3.77. The standard InChI is InChI=1S/C15H18N2O2/c1-18-14-4-2-3-12(9-14)11-19-15(10-16)13-5-7-17-8-6-13/h2-9,15H,10-11,16H2,1H3. The van der Waals surface area contributed by atoms with E-state index in [9.17, 15) is 0 Å². The number of nitrogens with zero attached hydrogens (tertiary/aromatic N) is 1. The van der Waals surface area contributed by atoms with Gasteiger partial charge in [0.25, 0.3) is 0 Å². The number of hydrogen-bond donors (Lipinski definition) is 1. The molecule has 2 rings (SSSR count). The van der Waals surface area contributed by atoms with Crippen molar-refractivity contribution in [3.05, 3.63) is 59.9 Å². The lowest BCUT2D eigenvalue weighted by molar-refractivity contribution is 0.0455. The molecule has 0 fully saturated rings. The van der Waals surface area contributed by atoms with Crippen molar-refractivity contribution >= 4 is 0 Å². The zero-order valence-electron chi connectivity index (χ0n) is 11.0. The van der Waals surface area contributed by atoms with Crippen LogP contribution >= 0.6 is 0 Å². The minimum Gasteiger partial charge on any atom is -0.497 e. The third-order valence-electron chi connectivity index (χ3n) is 2.88. The third-order valence-corrected chi connectivity index (χ3v) is 2.88. The fraction of sp³-hybridized carbons (Fsp3) is 0.267. The lowest BCUT2D eigenvalue weighted by Gasteiger charge is -2.16. The molecule has 19 heavy (non-hydrogen) atoms. The first kappa shape index (κ1) is 13.5. The summed E-state index contributed by atoms with van der Waals surface area (Å²) in [5, 5.41) is 0. The van der Waals surface area contributed by atoms with Crippen molar-refractivity contribution in [3.63, 3.8) is 0 Å². The number of aromatic nitrogens is 1. The summed E-state index contributed by atoms with van der Waals surface area (Å²) < 4.78 is 11.0. The first-order valence-corrected chi connectivity index (χ1v) is 6.18. The summed E-state index contributed by atoms with van der Waals surface area (Å²) in [5.74, 6) is 0.828. The summed E-state index contributed by atoms with van der Waals surface area (Å²) in [6, 6.07) is 11.7. The Kier molecular flexibility index (Phi) is 4.89. The molecular formula is C15H18N2O2. The van der Waals surface area contributed by atoms with Gasteiger partial charge in [0, 0.05) is 18.9 Å². The summed E-state index contributed by atoms with van der Waals surface area (Å²) in [5.41, 5.74) is 7.86. The van der Waals surface area contributed by atoms with Crippen molar-refractivity contribution in [3.8, 4) is 5.75 Å². The van der Waals surface area contributed by atoms with Gasteiger partial charge in [-0.15, -0.1) is 0 Å². The molecule has 1 aromatic carbocycles. The first-order chi connectivity index (χ1) is 9.33. The van der Waals surface area contributed by atoms with E-state index in [1.54, 1.807) is 19.5 Å². The fourth-order valence-electron chi connectivity index (χ4n) is 1.84. The van der Waals surface area contributed by atoms with Crippen LogP contribution < -0.4 is 10.5 Å². The fourth-order valence-corrected chi connectivity index (χ4v) is 1.84. The van der Waals surface area contributed by atoms with Gasteiger partial charge in [0.1, 0.15) is 5.75 Å². The maximum absolute atomic E-state index is 5.85. The van der Waals surface area contributed by atoms with Crippen molar-refractivity contribution in [1.29, 1.82) is 0 Å². The molecule has 0 radical (unpaired) electrons. The van der Waals surface area contributed by atoms with E-state index in [-0.39, 0.29) is 6.10 Å². The Bertz CT molecular complexity index is 503. The number of pyridine rings is 1. The highest BCUT2D eigenvalue weighted by Gasteiger charge is 2.10. The van der Waals surface area contributed by atoms with Crippen molar-refractivity contribution < 1.29 is 9.47 Å². The molecule has 0 aliphatic carbocycles. The highest BCUT2D eigenvalue weighted by Crippen LogP contribution is 2.19. The molecule has 2 aromatic rings. The second kappa shape index (κ2) is 6.87. The Balaban J connectivity index is 2.00. The molecule has 0 amide bonds. The van der Waals surface area contributed by atoms with Crippen molar-refractivity contribution in [2.24, 2.45) is 5.73 Å². The van der Waals surface area contributed by atoms with Gasteiger partial charge in [-0.05, 0) is 35.4 Å². The van der Waals surface area contributed by atoms with Crippen LogP contribution in [0.25, 0.3) is 0 Å². The average molecular weight is 258 g/mol. The number of methoxy groups -OCH3 is 1. The Labute approximate surface area is 113 Å². The SMILES string of the molecule is COc1cccc(COC(CN)c2ccncc2)c1. The van der Waals surface area contributed by atoms with Gasteiger partial charge in [0.15, 0.2) is 0 Å². The number of ether oxygens (including phenoxy) is 2. The smallest absolute Gasteiger partial charge is 0.119 e. The lowest BCUT2D eigenvalue weighted by Crippen LogP contribution is -2.15. The van der Waals surface area contributed by atoms with Crippen LogP contribution in [0.5, 0.6) is 5.75 Å². The zero-order chi connectivity index (χ0) is 13.5. The van der Waals surface area contributed by atoms with Crippen LogP contribution in [-0.4, -0.2) is 18.6 Å². The van der Waals surface area contributed by atoms with E-state index in [1.807, 2.05) is 36.4 Å². The molecule has 0 aliphatic heterocycles. The summed E-state index contributed by atoms with van der Waals surface area (Å²) in [6.45, 7) is 0.940. The molecule has 1 unspecified atom stereocenters. The van der Waals surface area contributed by atoms with Crippen LogP contribution in [0.2, 0.25) is 0 Å². The number of rotatable bonds is 6. The molecule has 0 saturated heterocycles. The highest BCUT2D eigenvalue weighted by atomic mass is 16.5. The molecule has 0 spiro atoms. The monoisotopic (exact) mass is 258 g/mol. The molecular weight excluding hydrogens is 240 g/mol. The van der Waals surface area contributed by atoms with Crippen molar-refractivity contribution in [1.82, 2.24) is 4.98 Å². The molecule has 0 bridgehead atoms. The molecule has 1 atom stereocenters. The Hall–Kier alpha value is -1.91. The summed E-state index contributed by atoms with van der Waals surface area (Å²) >= 11 is 0. The van der Waals surface area contributed by atoms with Crippen molar-refractivity contribution in [2.75, 3.05) is 13.7 Å². The molecule has 1 aromatic heterocycles. The van der Waals surface area contributed by atoms with Gasteiger partial charge < -0.3 is 15.2 Å². The van der Waals surface area contributed by atoms with Crippen LogP contribution in [0.15, 0.2) is 48.8 Å². The van der Waals surface area contributed by atoms with E-state index in [2.05, 4.69) is 4.98 Å². The quantitative estimate of drug-likeness (QED) is 0.863. The second-order valence-corrected chi connectivity index (χ2v) is 4.17. The van der Waals surface area contributed by atoms with Gasteiger partial charge in [0.2, 0.25) is 0 Å². The number of benzene rings is 1. The summed E-state index contributed by atoms with van der Waals surface area (Å²) in [4.78, 5) is 3.99. The number of hydrogen-bond acceptors (Lipinski definition) is 4. The molecule has 0 aliphatic rings. The topological polar surface area (TPSA) is 57.4 Å². The van der Waals surface area contributed by atoms with Crippen LogP contribution in [-0.2, 0) is 11.3 Å². The largest absolute Gasteiger partial charge is 0.497 e. The average Bonchev–Trinajstić information content (AvgIpc) is 2.49. The minimum atomic E-state index is -0.116. The predicted octanol–water partition coefficient (Wildman–Crippen LogP) is 2.31. The van der Waals surface area contributed by atoms with Gasteiger partial charge in [-0.25, -0.2) is 0 Å². The Morgan fingerprint density at radius 2 is 2.00 bits per heavy atom. The normalized spacial score (nSPS) is 12.1. The second-order valence-electron chi connectivity index (χ2n) is 4.17. The predicted molar refractivity (Wildman–Crippen MR) is 73.8 cm³/mol. The molecule has 0 saturated carbocycles. The van der Waals surface area contributed by atoms with E-state index < -0.39 is 0 Å². The lowest BCUT2D eigenvalue weighted by atomic mass is 10.1. The van der Waals surface area contributed by atoms with E-state index in [1.165, 1.54) is 0 Å². The summed E-state index contributed by atoms with van der Waals surface area (Å²) in [6.07, 6.45) is 3.37. The van der Waals surface area contributed by atoms with Crippen LogP contribution in [0.1, 0.15) is 17.2 Å². The maximum atomic E-state index is 5.85. The summed E-state index contributed by atoms with van der Waals surface area (Å²) in [7, 11) is 1.65. The van der Waals surface area contributed by atoms with Gasteiger partial charge in [-0.2, -0.15) is 0 Å². The van der Waals surface area contributed by atoms with E-state index in [4.69, 9.17) is 15.2 Å². The molecule has 2 N–H and O–H groups in total. The van der Waals surface area contributed by atoms with E-state index >= 15 is 0 Å². The van der Waals surface area contributed by atoms with Gasteiger partial charge in [-0.3, -0.25) is 4.98 Å². The van der Waals surface area contributed by atoms with Gasteiger partial charge in [-0.1, -0.05) is 12.1 Å². The minimum absolute atomic E-state index is 0.116. The van der Waals surface area contributed by atoms with E-state index in [0.717, 1.165) is 16.9 Å². The zero-order valence-corrected chi connectivity index (χ0v) is 11.0. The maximum Gasteiger partial charge on any atom is 0.119 e. The Morgan fingerprint density at radius 1 is 1.21 bits per heavy atom. The van der Waals surface area contributed by atoms with Gasteiger partial charge in [0.05, 0.1) is 19.8 Å². The molecule has 4 nitrogen and oxygen atoms in total. The van der Waals surface area contributed by atoms with Crippen LogP contribution in [0.4, 0.5) is 0 Å². The first-order valence-electron chi connectivity index (χ1n) is 6.18. The Morgan fingerprint density at radius 3 is 2.68 bits per heavy atom. The number of nitrogens with two attached hydrogens (primary N) is 1. The van der Waals surface area contributed by atoms with Crippen molar-refractivity contribution in [2.45, 2.75) is 12.7 Å². The van der Waals surface area contributed by atoms with Gasteiger partial charge >= 0.3 is 0 Å². The highest BCUT2D eigenvalue weighted by molar-refractivity contribution is 5.28. The van der Waals surface area contributed by atoms with E-state index in [0.29, 0.717) is 13.2 Å². The molecule has 100 valence electrons. The van der Waals surface area contributed by atoms with Crippen LogP contribution in [0.3, 0.4) is 0 Å². The molecule has 1 heterocycles.